The van der Waals surface area contributed by atoms with E-state index in [9.17, 15) is 9.59 Å². The quantitative estimate of drug-likeness (QED) is 0.757. The molecule has 1 aromatic carbocycles. The second-order valence-electron chi connectivity index (χ2n) is 5.87. The van der Waals surface area contributed by atoms with Crippen LogP contribution in [0.15, 0.2) is 29.6 Å². The van der Waals surface area contributed by atoms with Crippen molar-refractivity contribution in [3.8, 4) is 10.6 Å². The number of likely N-dealkylation sites (tertiary alicyclic amines) is 1. The molecule has 3 rings (SSSR count). The molecule has 0 radical (unpaired) electrons. The van der Waals surface area contributed by atoms with E-state index in [1.54, 1.807) is 23.3 Å². The van der Waals surface area contributed by atoms with E-state index in [2.05, 4.69) is 4.98 Å². The number of hydrogen-bond donors (Lipinski definition) is 0. The molecule has 5 nitrogen and oxygen atoms in total. The van der Waals surface area contributed by atoms with Crippen molar-refractivity contribution in [2.24, 2.45) is 5.92 Å². The Labute approximate surface area is 155 Å². The predicted octanol–water partition coefficient (Wildman–Crippen LogP) is 3.88. The molecular formula is C18H19ClN2O3S. The van der Waals surface area contributed by atoms with Crippen molar-refractivity contribution in [1.29, 1.82) is 0 Å². The van der Waals surface area contributed by atoms with E-state index in [-0.39, 0.29) is 17.8 Å². The van der Waals surface area contributed by atoms with Gasteiger partial charge in [0.25, 0.3) is 5.91 Å². The van der Waals surface area contributed by atoms with E-state index in [0.717, 1.165) is 10.6 Å². The van der Waals surface area contributed by atoms with Gasteiger partial charge in [0.2, 0.25) is 0 Å². The van der Waals surface area contributed by atoms with E-state index in [4.69, 9.17) is 16.3 Å². The molecular weight excluding hydrogens is 360 g/mol. The van der Waals surface area contributed by atoms with E-state index in [1.165, 1.54) is 11.3 Å². The number of esters is 1. The zero-order valence-corrected chi connectivity index (χ0v) is 15.5. The Bertz CT molecular complexity index is 769. The lowest BCUT2D eigenvalue weighted by atomic mass is 9.97. The van der Waals surface area contributed by atoms with Gasteiger partial charge in [-0.2, -0.15) is 0 Å². The summed E-state index contributed by atoms with van der Waals surface area (Å²) < 4.78 is 5.06. The molecule has 1 aliphatic rings. The van der Waals surface area contributed by atoms with E-state index >= 15 is 0 Å². The number of hydrogen-bond acceptors (Lipinski definition) is 5. The average Bonchev–Trinajstić information content (AvgIpc) is 3.11. The minimum atomic E-state index is -0.161. The number of nitrogens with zero attached hydrogens (tertiary/aromatic N) is 2. The third-order valence-corrected chi connectivity index (χ3v) is 5.32. The molecule has 2 heterocycles. The second kappa shape index (κ2) is 7.97. The summed E-state index contributed by atoms with van der Waals surface area (Å²) in [7, 11) is 0. The summed E-state index contributed by atoms with van der Waals surface area (Å²) in [6.45, 7) is 3.29. The molecule has 0 spiro atoms. The molecule has 1 fully saturated rings. The lowest BCUT2D eigenvalue weighted by Gasteiger charge is -2.30. The number of halogens is 1. The average molecular weight is 379 g/mol. The first-order valence-corrected chi connectivity index (χ1v) is 9.51. The van der Waals surface area contributed by atoms with E-state index in [0.29, 0.717) is 43.3 Å². The SMILES string of the molecule is CCOC(=O)C1CCN(C(=O)c2csc(-c3cccc(Cl)c3)n2)CC1. The van der Waals surface area contributed by atoms with Crippen molar-refractivity contribution in [2.75, 3.05) is 19.7 Å². The van der Waals surface area contributed by atoms with Crippen molar-refractivity contribution in [3.63, 3.8) is 0 Å². The van der Waals surface area contributed by atoms with Crippen LogP contribution in [0.4, 0.5) is 0 Å². The van der Waals surface area contributed by atoms with Crippen molar-refractivity contribution >= 4 is 34.8 Å². The normalized spacial score (nSPS) is 15.2. The topological polar surface area (TPSA) is 59.5 Å². The van der Waals surface area contributed by atoms with Gasteiger partial charge in [-0.25, -0.2) is 4.98 Å². The first-order valence-electron chi connectivity index (χ1n) is 8.26. The Balaban J connectivity index is 1.64. The summed E-state index contributed by atoms with van der Waals surface area (Å²) in [4.78, 5) is 30.6. The fraction of sp³-hybridized carbons (Fsp3) is 0.389. The first-order chi connectivity index (χ1) is 12.1. The number of rotatable bonds is 4. The highest BCUT2D eigenvalue weighted by atomic mass is 35.5. The summed E-state index contributed by atoms with van der Waals surface area (Å²) in [5.74, 6) is -0.361. The number of carbonyl (C=O) groups excluding carboxylic acids is 2. The van der Waals surface area contributed by atoms with E-state index in [1.807, 2.05) is 18.2 Å². The number of carbonyl (C=O) groups is 2. The van der Waals surface area contributed by atoms with Gasteiger partial charge in [0.15, 0.2) is 0 Å². The molecule has 25 heavy (non-hydrogen) atoms. The molecule has 0 atom stereocenters. The van der Waals surface area contributed by atoms with Crippen LogP contribution in [0, 0.1) is 5.92 Å². The van der Waals surface area contributed by atoms with Gasteiger partial charge in [0.1, 0.15) is 10.7 Å². The second-order valence-corrected chi connectivity index (χ2v) is 7.16. The number of aromatic nitrogens is 1. The summed E-state index contributed by atoms with van der Waals surface area (Å²) in [6, 6.07) is 7.42. The molecule has 0 N–H and O–H groups in total. The molecule has 1 amide bonds. The van der Waals surface area contributed by atoms with Gasteiger partial charge in [0, 0.05) is 29.1 Å². The largest absolute Gasteiger partial charge is 0.466 e. The number of benzene rings is 1. The molecule has 0 saturated carbocycles. The highest BCUT2D eigenvalue weighted by Crippen LogP contribution is 2.27. The van der Waals surface area contributed by atoms with Crippen LogP contribution in [-0.4, -0.2) is 41.5 Å². The van der Waals surface area contributed by atoms with Gasteiger partial charge in [0.05, 0.1) is 12.5 Å². The van der Waals surface area contributed by atoms with Gasteiger partial charge in [-0.05, 0) is 31.9 Å². The molecule has 1 aliphatic heterocycles. The lowest BCUT2D eigenvalue weighted by Crippen LogP contribution is -2.40. The van der Waals surface area contributed by atoms with E-state index < -0.39 is 0 Å². The van der Waals surface area contributed by atoms with Crippen molar-refractivity contribution < 1.29 is 14.3 Å². The Hall–Kier alpha value is -1.92. The summed E-state index contributed by atoms with van der Waals surface area (Å²) in [5.41, 5.74) is 1.34. The smallest absolute Gasteiger partial charge is 0.309 e. The molecule has 1 saturated heterocycles. The molecule has 0 aliphatic carbocycles. The minimum Gasteiger partial charge on any atom is -0.466 e. The standard InChI is InChI=1S/C18H19ClN2O3S/c1-2-24-18(23)12-6-8-21(9-7-12)17(22)15-11-25-16(20-15)13-4-3-5-14(19)10-13/h3-5,10-12H,2,6-9H2,1H3. The first kappa shape index (κ1) is 17.9. The van der Waals surface area contributed by atoms with Crippen LogP contribution < -0.4 is 0 Å². The summed E-state index contributed by atoms with van der Waals surface area (Å²) >= 11 is 7.44. The maximum Gasteiger partial charge on any atom is 0.309 e. The van der Waals surface area contributed by atoms with Gasteiger partial charge in [-0.15, -0.1) is 11.3 Å². The van der Waals surface area contributed by atoms with Gasteiger partial charge in [-0.3, -0.25) is 9.59 Å². The Morgan fingerprint density at radius 1 is 1.36 bits per heavy atom. The number of thiazole rings is 1. The monoisotopic (exact) mass is 378 g/mol. The maximum absolute atomic E-state index is 12.6. The van der Waals surface area contributed by atoms with Crippen LogP contribution in [0.1, 0.15) is 30.3 Å². The molecule has 132 valence electrons. The summed E-state index contributed by atoms with van der Waals surface area (Å²) in [5, 5.41) is 3.18. The summed E-state index contributed by atoms with van der Waals surface area (Å²) in [6.07, 6.45) is 1.27. The van der Waals surface area contributed by atoms with Crippen LogP contribution in [0.25, 0.3) is 10.6 Å². The third kappa shape index (κ3) is 4.19. The molecule has 1 aromatic heterocycles. The maximum atomic E-state index is 12.6. The third-order valence-electron chi connectivity index (χ3n) is 4.20. The fourth-order valence-corrected chi connectivity index (χ4v) is 3.85. The molecule has 0 unspecified atom stereocenters. The zero-order valence-electron chi connectivity index (χ0n) is 13.9. The van der Waals surface area contributed by atoms with Gasteiger partial charge >= 0.3 is 5.97 Å². The predicted molar refractivity (Wildman–Crippen MR) is 97.8 cm³/mol. The van der Waals surface area contributed by atoms with Crippen LogP contribution in [0.3, 0.4) is 0 Å². The zero-order chi connectivity index (χ0) is 17.8. The van der Waals surface area contributed by atoms with Crippen LogP contribution >= 0.6 is 22.9 Å². The Morgan fingerprint density at radius 3 is 2.80 bits per heavy atom. The van der Waals surface area contributed by atoms with Crippen molar-refractivity contribution in [1.82, 2.24) is 9.88 Å². The molecule has 2 aromatic rings. The van der Waals surface area contributed by atoms with Crippen molar-refractivity contribution in [2.45, 2.75) is 19.8 Å². The number of piperidine rings is 1. The van der Waals surface area contributed by atoms with Crippen molar-refractivity contribution in [3.05, 3.63) is 40.4 Å². The Kier molecular flexibility index (Phi) is 5.71. The Morgan fingerprint density at radius 2 is 2.12 bits per heavy atom. The molecule has 7 heteroatoms. The van der Waals surface area contributed by atoms with Crippen LogP contribution in [-0.2, 0) is 9.53 Å². The molecule has 0 bridgehead atoms. The van der Waals surface area contributed by atoms with Crippen LogP contribution in [0.2, 0.25) is 5.02 Å². The number of ether oxygens (including phenoxy) is 1. The fourth-order valence-electron chi connectivity index (χ4n) is 2.87. The minimum absolute atomic E-state index is 0.0909. The van der Waals surface area contributed by atoms with Crippen LogP contribution in [0.5, 0.6) is 0 Å². The highest BCUT2D eigenvalue weighted by Gasteiger charge is 2.29. The lowest BCUT2D eigenvalue weighted by molar-refractivity contribution is -0.149. The van der Waals surface area contributed by atoms with Gasteiger partial charge in [-0.1, -0.05) is 23.7 Å². The van der Waals surface area contributed by atoms with Gasteiger partial charge < -0.3 is 9.64 Å². The highest BCUT2D eigenvalue weighted by molar-refractivity contribution is 7.13. The number of amides is 1.